The van der Waals surface area contributed by atoms with Gasteiger partial charge in [0.25, 0.3) is 0 Å². The van der Waals surface area contributed by atoms with Gasteiger partial charge in [-0.3, -0.25) is 4.79 Å². The van der Waals surface area contributed by atoms with E-state index in [2.05, 4.69) is 5.32 Å². The first-order chi connectivity index (χ1) is 7.69. The van der Waals surface area contributed by atoms with Crippen LogP contribution in [0.2, 0.25) is 0 Å². The highest BCUT2D eigenvalue weighted by Gasteiger charge is 2.02. The number of benzene rings is 1. The summed E-state index contributed by atoms with van der Waals surface area (Å²) in [5.74, 6) is 0. The van der Waals surface area contributed by atoms with Gasteiger partial charge in [0.1, 0.15) is 0 Å². The largest absolute Gasteiger partial charge is 0.401 e. The monoisotopic (exact) mass is 236 g/mol. The average molecular weight is 236 g/mol. The molecule has 4 heteroatoms. The molecule has 3 nitrogen and oxygen atoms in total. The molecule has 0 atom stereocenters. The van der Waals surface area contributed by atoms with Gasteiger partial charge in [-0.25, -0.2) is 0 Å². The minimum Gasteiger partial charge on any atom is -0.401 e. The van der Waals surface area contributed by atoms with Gasteiger partial charge in [0, 0.05) is 17.1 Å². The Morgan fingerprint density at radius 2 is 2.06 bits per heavy atom. The molecule has 0 unspecified atom stereocenters. The summed E-state index contributed by atoms with van der Waals surface area (Å²) >= 11 is 1.64. The molecule has 0 aliphatic heterocycles. The van der Waals surface area contributed by atoms with Crippen LogP contribution in [0.5, 0.6) is 0 Å². The van der Waals surface area contributed by atoms with Crippen molar-refractivity contribution in [1.29, 1.82) is 0 Å². The third-order valence-electron chi connectivity index (χ3n) is 2.17. The van der Waals surface area contributed by atoms with E-state index in [0.29, 0.717) is 13.0 Å². The third kappa shape index (κ3) is 3.31. The molecule has 0 saturated carbocycles. The Hall–Kier alpha value is -1.42. The summed E-state index contributed by atoms with van der Waals surface area (Å²) in [4.78, 5) is 11.2. The number of amides is 1. The number of carbonyl (C=O) groups is 1. The first kappa shape index (κ1) is 12.6. The summed E-state index contributed by atoms with van der Waals surface area (Å²) < 4.78 is 0. The van der Waals surface area contributed by atoms with E-state index in [-0.39, 0.29) is 0 Å². The van der Waals surface area contributed by atoms with Crippen molar-refractivity contribution < 1.29 is 4.79 Å². The van der Waals surface area contributed by atoms with Crippen LogP contribution >= 0.6 is 11.8 Å². The highest BCUT2D eigenvalue weighted by Crippen LogP contribution is 2.26. The van der Waals surface area contributed by atoms with Crippen molar-refractivity contribution in [2.45, 2.75) is 13.5 Å². The standard InChI is InChI=1S/C12H16N2OS/c1-9(13)12(16-2)11-5-3-10(4-6-11)7-14-8-15/h3-6,8H,7,13H2,1-2H3,(H,14,15)/b12-9-. The lowest BCUT2D eigenvalue weighted by Crippen LogP contribution is -2.09. The molecule has 0 spiro atoms. The first-order valence-electron chi connectivity index (χ1n) is 4.95. The van der Waals surface area contributed by atoms with Crippen molar-refractivity contribution in [3.05, 3.63) is 41.1 Å². The van der Waals surface area contributed by atoms with E-state index in [4.69, 9.17) is 5.73 Å². The SMILES string of the molecule is CS/C(=C(/C)N)c1ccc(CNC=O)cc1. The second-order valence-corrected chi connectivity index (χ2v) is 4.23. The Morgan fingerprint density at radius 1 is 1.44 bits per heavy atom. The molecular formula is C12H16N2OS. The van der Waals surface area contributed by atoms with E-state index in [1.165, 1.54) is 0 Å². The molecule has 1 rings (SSSR count). The summed E-state index contributed by atoms with van der Waals surface area (Å²) in [5.41, 5.74) is 8.81. The fraction of sp³-hybridized carbons (Fsp3) is 0.250. The molecule has 1 aromatic rings. The first-order valence-corrected chi connectivity index (χ1v) is 6.18. The Morgan fingerprint density at radius 3 is 2.50 bits per heavy atom. The van der Waals surface area contributed by atoms with Gasteiger partial charge >= 0.3 is 0 Å². The summed E-state index contributed by atoms with van der Waals surface area (Å²) in [5, 5.41) is 2.63. The number of nitrogens with one attached hydrogen (secondary N) is 1. The summed E-state index contributed by atoms with van der Waals surface area (Å²) in [6, 6.07) is 8.02. The molecule has 0 saturated heterocycles. The van der Waals surface area contributed by atoms with E-state index in [9.17, 15) is 4.79 Å². The van der Waals surface area contributed by atoms with Gasteiger partial charge < -0.3 is 11.1 Å². The van der Waals surface area contributed by atoms with Gasteiger partial charge in [-0.2, -0.15) is 0 Å². The van der Waals surface area contributed by atoms with Crippen molar-refractivity contribution in [2.24, 2.45) is 5.73 Å². The zero-order valence-electron chi connectivity index (χ0n) is 9.49. The minimum atomic E-state index is 0.559. The van der Waals surface area contributed by atoms with E-state index in [1.807, 2.05) is 37.4 Å². The van der Waals surface area contributed by atoms with Crippen LogP contribution < -0.4 is 11.1 Å². The van der Waals surface area contributed by atoms with Crippen molar-refractivity contribution >= 4 is 23.1 Å². The Kier molecular flexibility index (Phi) is 4.92. The number of hydrogen-bond acceptors (Lipinski definition) is 3. The average Bonchev–Trinajstić information content (AvgIpc) is 2.28. The van der Waals surface area contributed by atoms with Crippen LogP contribution in [-0.4, -0.2) is 12.7 Å². The van der Waals surface area contributed by atoms with Crippen LogP contribution in [0.1, 0.15) is 18.1 Å². The molecule has 86 valence electrons. The molecule has 0 radical (unpaired) electrons. The Bertz CT molecular complexity index is 381. The lowest BCUT2D eigenvalue weighted by Gasteiger charge is -2.08. The number of allylic oxidation sites excluding steroid dienone is 1. The normalized spacial score (nSPS) is 11.9. The molecule has 1 aromatic carbocycles. The van der Waals surface area contributed by atoms with Crippen molar-refractivity contribution in [2.75, 3.05) is 6.26 Å². The van der Waals surface area contributed by atoms with Crippen LogP contribution in [0.3, 0.4) is 0 Å². The predicted molar refractivity (Wildman–Crippen MR) is 69.6 cm³/mol. The second kappa shape index (κ2) is 6.23. The Labute approximate surface area is 100 Å². The molecule has 0 aliphatic rings. The lowest BCUT2D eigenvalue weighted by atomic mass is 10.1. The van der Waals surface area contributed by atoms with Crippen molar-refractivity contribution in [3.8, 4) is 0 Å². The third-order valence-corrected chi connectivity index (χ3v) is 3.13. The molecular weight excluding hydrogens is 220 g/mol. The van der Waals surface area contributed by atoms with Crippen LogP contribution in [0.15, 0.2) is 30.0 Å². The van der Waals surface area contributed by atoms with E-state index in [1.54, 1.807) is 11.8 Å². The number of rotatable bonds is 5. The van der Waals surface area contributed by atoms with E-state index in [0.717, 1.165) is 21.7 Å². The summed E-state index contributed by atoms with van der Waals surface area (Å²) in [6.45, 7) is 2.46. The van der Waals surface area contributed by atoms with Crippen LogP contribution in [0, 0.1) is 0 Å². The van der Waals surface area contributed by atoms with Gasteiger partial charge in [-0.05, 0) is 24.3 Å². The summed E-state index contributed by atoms with van der Waals surface area (Å²) in [7, 11) is 0. The van der Waals surface area contributed by atoms with Gasteiger partial charge in [-0.1, -0.05) is 24.3 Å². The highest BCUT2D eigenvalue weighted by molar-refractivity contribution is 8.07. The quantitative estimate of drug-likeness (QED) is 0.768. The van der Waals surface area contributed by atoms with Crippen LogP contribution in [-0.2, 0) is 11.3 Å². The zero-order chi connectivity index (χ0) is 12.0. The van der Waals surface area contributed by atoms with Gasteiger partial charge in [-0.15, -0.1) is 11.8 Å². The minimum absolute atomic E-state index is 0.559. The molecule has 0 aliphatic carbocycles. The maximum atomic E-state index is 10.2. The maximum Gasteiger partial charge on any atom is 0.207 e. The van der Waals surface area contributed by atoms with Crippen molar-refractivity contribution in [1.82, 2.24) is 5.32 Å². The van der Waals surface area contributed by atoms with E-state index >= 15 is 0 Å². The van der Waals surface area contributed by atoms with Gasteiger partial charge in [0.05, 0.1) is 0 Å². The second-order valence-electron chi connectivity index (χ2n) is 3.41. The van der Waals surface area contributed by atoms with Crippen LogP contribution in [0.4, 0.5) is 0 Å². The van der Waals surface area contributed by atoms with Crippen molar-refractivity contribution in [3.63, 3.8) is 0 Å². The smallest absolute Gasteiger partial charge is 0.207 e. The molecule has 1 amide bonds. The molecule has 16 heavy (non-hydrogen) atoms. The number of thioether (sulfide) groups is 1. The predicted octanol–water partition coefficient (Wildman–Crippen LogP) is 1.94. The number of carbonyl (C=O) groups excluding carboxylic acids is 1. The van der Waals surface area contributed by atoms with E-state index < -0.39 is 0 Å². The number of hydrogen-bond donors (Lipinski definition) is 2. The molecule has 3 N–H and O–H groups in total. The fourth-order valence-electron chi connectivity index (χ4n) is 1.44. The molecule has 0 bridgehead atoms. The summed E-state index contributed by atoms with van der Waals surface area (Å²) in [6.07, 6.45) is 2.71. The number of nitrogens with two attached hydrogens (primary N) is 1. The molecule has 0 fully saturated rings. The molecule has 0 aromatic heterocycles. The lowest BCUT2D eigenvalue weighted by molar-refractivity contribution is -0.109. The highest BCUT2D eigenvalue weighted by atomic mass is 32.2. The molecule has 0 heterocycles. The fourth-order valence-corrected chi connectivity index (χ4v) is 2.13. The Balaban J connectivity index is 2.85. The van der Waals surface area contributed by atoms with Gasteiger partial charge in [0.15, 0.2) is 0 Å². The van der Waals surface area contributed by atoms with Crippen LogP contribution in [0.25, 0.3) is 4.91 Å². The van der Waals surface area contributed by atoms with Gasteiger partial charge in [0.2, 0.25) is 6.41 Å². The maximum absolute atomic E-state index is 10.2. The topological polar surface area (TPSA) is 55.1 Å². The zero-order valence-corrected chi connectivity index (χ0v) is 10.3.